The molecule has 1 heterocycles. The van der Waals surface area contributed by atoms with Crippen LogP contribution in [0.1, 0.15) is 20.7 Å². The van der Waals surface area contributed by atoms with Gasteiger partial charge in [0.05, 0.1) is 0 Å². The van der Waals surface area contributed by atoms with Crippen molar-refractivity contribution in [3.8, 4) is 5.69 Å². The van der Waals surface area contributed by atoms with Gasteiger partial charge in [0.15, 0.2) is 5.82 Å². The minimum absolute atomic E-state index is 0.209. The van der Waals surface area contributed by atoms with Crippen LogP contribution in [-0.2, 0) is 0 Å². The molecule has 1 aromatic heterocycles. The number of hydrogen-bond acceptors (Lipinski definition) is 4. The lowest BCUT2D eigenvalue weighted by atomic mass is 10.1. The van der Waals surface area contributed by atoms with Gasteiger partial charge in [-0.2, -0.15) is 5.10 Å². The summed E-state index contributed by atoms with van der Waals surface area (Å²) in [5.74, 6) is -1.68. The molecule has 8 heteroatoms. The van der Waals surface area contributed by atoms with Crippen molar-refractivity contribution in [1.82, 2.24) is 14.8 Å². The first-order valence-corrected chi connectivity index (χ1v) is 6.90. The summed E-state index contributed by atoms with van der Waals surface area (Å²) in [7, 11) is 0. The number of nitrogens with two attached hydrogens (primary N) is 1. The molecule has 2 amide bonds. The monoisotopic (exact) mass is 325 g/mol. The van der Waals surface area contributed by atoms with Crippen LogP contribution >= 0.6 is 0 Å². The first kappa shape index (κ1) is 15.3. The predicted octanol–water partition coefficient (Wildman–Crippen LogP) is 1.76. The van der Waals surface area contributed by atoms with Crippen molar-refractivity contribution in [3.05, 3.63) is 72.1 Å². The molecular formula is C16H12FN5O2. The normalized spacial score (nSPS) is 10.4. The first-order valence-electron chi connectivity index (χ1n) is 6.90. The van der Waals surface area contributed by atoms with E-state index in [0.717, 1.165) is 0 Å². The van der Waals surface area contributed by atoms with Gasteiger partial charge in [-0.25, -0.2) is 14.1 Å². The van der Waals surface area contributed by atoms with Gasteiger partial charge in [-0.15, -0.1) is 0 Å². The molecule has 0 aliphatic rings. The molecule has 0 radical (unpaired) electrons. The number of halogens is 1. The topological polar surface area (TPSA) is 103 Å². The molecule has 0 fully saturated rings. The zero-order valence-corrected chi connectivity index (χ0v) is 12.3. The van der Waals surface area contributed by atoms with Crippen molar-refractivity contribution in [3.63, 3.8) is 0 Å². The Hall–Kier alpha value is -3.55. The molecule has 24 heavy (non-hydrogen) atoms. The third-order valence-electron chi connectivity index (χ3n) is 3.28. The zero-order valence-electron chi connectivity index (χ0n) is 12.3. The number of rotatable bonds is 4. The standard InChI is InChI=1S/C16H12FN5O2/c17-13-7-12(4-5-14(13)22-9-19-8-20-22)21-16(24)11-3-1-2-10(6-11)15(18)23/h1-9H,(H2,18,23)(H,21,24). The van der Waals surface area contributed by atoms with Gasteiger partial charge in [0.25, 0.3) is 5.91 Å². The molecule has 0 saturated carbocycles. The van der Waals surface area contributed by atoms with Crippen LogP contribution in [0.5, 0.6) is 0 Å². The molecule has 120 valence electrons. The van der Waals surface area contributed by atoms with Crippen molar-refractivity contribution in [2.45, 2.75) is 0 Å². The van der Waals surface area contributed by atoms with Gasteiger partial charge in [-0.1, -0.05) is 6.07 Å². The van der Waals surface area contributed by atoms with Gasteiger partial charge in [0.1, 0.15) is 18.3 Å². The van der Waals surface area contributed by atoms with Crippen molar-refractivity contribution < 1.29 is 14.0 Å². The van der Waals surface area contributed by atoms with Gasteiger partial charge in [-0.3, -0.25) is 9.59 Å². The van der Waals surface area contributed by atoms with Crippen LogP contribution in [0.2, 0.25) is 0 Å². The van der Waals surface area contributed by atoms with Gasteiger partial charge >= 0.3 is 0 Å². The molecule has 0 atom stereocenters. The fraction of sp³-hybridized carbons (Fsp3) is 0. The SMILES string of the molecule is NC(=O)c1cccc(C(=O)Nc2ccc(-n3cncn3)c(F)c2)c1. The largest absolute Gasteiger partial charge is 0.366 e. The highest BCUT2D eigenvalue weighted by Gasteiger charge is 2.11. The van der Waals surface area contributed by atoms with E-state index >= 15 is 0 Å². The third kappa shape index (κ3) is 3.12. The highest BCUT2D eigenvalue weighted by molar-refractivity contribution is 6.06. The average Bonchev–Trinajstić information content (AvgIpc) is 3.09. The molecule has 2 aromatic carbocycles. The van der Waals surface area contributed by atoms with Crippen molar-refractivity contribution in [2.24, 2.45) is 5.73 Å². The number of benzene rings is 2. The van der Waals surface area contributed by atoms with Crippen LogP contribution < -0.4 is 11.1 Å². The quantitative estimate of drug-likeness (QED) is 0.763. The number of carbonyl (C=O) groups excluding carboxylic acids is 2. The molecule has 0 bridgehead atoms. The van der Waals surface area contributed by atoms with Crippen LogP contribution in [0.25, 0.3) is 5.69 Å². The summed E-state index contributed by atoms with van der Waals surface area (Å²) >= 11 is 0. The number of nitrogens with zero attached hydrogens (tertiary/aromatic N) is 3. The molecule has 3 aromatic rings. The Labute approximate surface area is 135 Å². The molecule has 3 rings (SSSR count). The fourth-order valence-corrected chi connectivity index (χ4v) is 2.12. The minimum Gasteiger partial charge on any atom is -0.366 e. The van der Waals surface area contributed by atoms with Gasteiger partial charge in [0, 0.05) is 16.8 Å². The summed E-state index contributed by atoms with van der Waals surface area (Å²) in [6, 6.07) is 10.1. The van der Waals surface area contributed by atoms with E-state index in [4.69, 9.17) is 5.73 Å². The van der Waals surface area contributed by atoms with E-state index < -0.39 is 17.6 Å². The molecule has 0 saturated heterocycles. The second-order valence-corrected chi connectivity index (χ2v) is 4.91. The van der Waals surface area contributed by atoms with E-state index in [0.29, 0.717) is 0 Å². The Balaban J connectivity index is 1.81. The van der Waals surface area contributed by atoms with E-state index in [9.17, 15) is 14.0 Å². The van der Waals surface area contributed by atoms with Crippen molar-refractivity contribution in [2.75, 3.05) is 5.32 Å². The molecular weight excluding hydrogens is 313 g/mol. The van der Waals surface area contributed by atoms with Gasteiger partial charge in [-0.05, 0) is 36.4 Å². The first-order chi connectivity index (χ1) is 11.5. The number of hydrogen-bond donors (Lipinski definition) is 2. The van der Waals surface area contributed by atoms with E-state index in [1.165, 1.54) is 53.7 Å². The Bertz CT molecular complexity index is 909. The Morgan fingerprint density at radius 1 is 1.12 bits per heavy atom. The number of nitrogens with one attached hydrogen (secondary N) is 1. The number of carbonyl (C=O) groups is 2. The van der Waals surface area contributed by atoms with Crippen LogP contribution in [0.3, 0.4) is 0 Å². The van der Waals surface area contributed by atoms with Crippen molar-refractivity contribution in [1.29, 1.82) is 0 Å². The second-order valence-electron chi connectivity index (χ2n) is 4.91. The minimum atomic E-state index is -0.632. The van der Waals surface area contributed by atoms with E-state index in [1.807, 2.05) is 0 Å². The smallest absolute Gasteiger partial charge is 0.255 e. The number of anilines is 1. The average molecular weight is 325 g/mol. The number of aromatic nitrogens is 3. The summed E-state index contributed by atoms with van der Waals surface area (Å²) in [6.45, 7) is 0. The maximum absolute atomic E-state index is 14.1. The molecule has 0 aliphatic carbocycles. The predicted molar refractivity (Wildman–Crippen MR) is 84.2 cm³/mol. The van der Waals surface area contributed by atoms with Crippen LogP contribution in [0.15, 0.2) is 55.1 Å². The number of primary amides is 1. The molecule has 0 unspecified atom stereocenters. The van der Waals surface area contributed by atoms with Crippen molar-refractivity contribution >= 4 is 17.5 Å². The zero-order chi connectivity index (χ0) is 17.1. The van der Waals surface area contributed by atoms with Crippen LogP contribution in [0, 0.1) is 5.82 Å². The maximum atomic E-state index is 14.1. The molecule has 3 N–H and O–H groups in total. The Morgan fingerprint density at radius 2 is 1.92 bits per heavy atom. The van der Waals surface area contributed by atoms with E-state index in [1.54, 1.807) is 6.07 Å². The van der Waals surface area contributed by atoms with E-state index in [-0.39, 0.29) is 22.5 Å². The molecule has 7 nitrogen and oxygen atoms in total. The van der Waals surface area contributed by atoms with Crippen LogP contribution in [-0.4, -0.2) is 26.6 Å². The van der Waals surface area contributed by atoms with Gasteiger partial charge in [0.2, 0.25) is 5.91 Å². The summed E-state index contributed by atoms with van der Waals surface area (Å²) < 4.78 is 15.4. The molecule has 0 spiro atoms. The van der Waals surface area contributed by atoms with E-state index in [2.05, 4.69) is 15.4 Å². The van der Waals surface area contributed by atoms with Gasteiger partial charge < -0.3 is 11.1 Å². The lowest BCUT2D eigenvalue weighted by Gasteiger charge is -2.08. The van der Waals surface area contributed by atoms with Crippen LogP contribution in [0.4, 0.5) is 10.1 Å². The fourth-order valence-electron chi connectivity index (χ4n) is 2.12. The third-order valence-corrected chi connectivity index (χ3v) is 3.28. The highest BCUT2D eigenvalue weighted by atomic mass is 19.1. The lowest BCUT2D eigenvalue weighted by molar-refractivity contribution is 0.1000. The Morgan fingerprint density at radius 3 is 2.58 bits per heavy atom. The summed E-state index contributed by atoms with van der Waals surface area (Å²) in [5, 5.41) is 6.41. The summed E-state index contributed by atoms with van der Waals surface area (Å²) in [4.78, 5) is 27.1. The lowest BCUT2D eigenvalue weighted by Crippen LogP contribution is -2.15. The molecule has 0 aliphatic heterocycles. The second kappa shape index (κ2) is 6.29. The Kier molecular flexibility index (Phi) is 4.02. The maximum Gasteiger partial charge on any atom is 0.255 e. The summed E-state index contributed by atoms with van der Waals surface area (Å²) in [5.41, 5.74) is 6.12. The highest BCUT2D eigenvalue weighted by Crippen LogP contribution is 2.18. The summed E-state index contributed by atoms with van der Waals surface area (Å²) in [6.07, 6.45) is 2.66. The number of amides is 2.